The number of likely N-dealkylation sites (tertiary alicyclic amines) is 1. The van der Waals surface area contributed by atoms with Gasteiger partial charge in [0.05, 0.1) is 0 Å². The summed E-state index contributed by atoms with van der Waals surface area (Å²) in [6, 6.07) is -0.153. The number of nitrogens with one attached hydrogen (secondary N) is 1. The predicted molar refractivity (Wildman–Crippen MR) is 53.9 cm³/mol. The van der Waals surface area contributed by atoms with Gasteiger partial charge in [0.15, 0.2) is 0 Å². The van der Waals surface area contributed by atoms with Gasteiger partial charge in [-0.15, -0.1) is 0 Å². The number of carbonyl (C=O) groups is 2. The molecule has 3 amide bonds. The number of piperidine rings is 1. The summed E-state index contributed by atoms with van der Waals surface area (Å²) in [7, 11) is 1.51. The van der Waals surface area contributed by atoms with Crippen molar-refractivity contribution < 1.29 is 14.3 Å². The quantitative estimate of drug-likeness (QED) is 0.622. The first-order valence-corrected chi connectivity index (χ1v) is 4.96. The van der Waals surface area contributed by atoms with Crippen LogP contribution in [-0.2, 0) is 9.53 Å². The van der Waals surface area contributed by atoms with Gasteiger partial charge in [-0.25, -0.2) is 4.79 Å². The molecule has 6 nitrogen and oxygen atoms in total. The lowest BCUT2D eigenvalue weighted by Crippen LogP contribution is -2.46. The normalized spacial score (nSPS) is 17.5. The molecule has 15 heavy (non-hydrogen) atoms. The molecule has 0 spiro atoms. The monoisotopic (exact) mass is 215 g/mol. The SMILES string of the molecule is COCNC(=O)N1CCC(C(N)=O)CC1. The molecule has 3 N–H and O–H groups in total. The number of methoxy groups -OCH3 is 1. The second kappa shape index (κ2) is 5.55. The third-order valence-electron chi connectivity index (χ3n) is 2.55. The highest BCUT2D eigenvalue weighted by molar-refractivity contribution is 5.78. The molecule has 1 aliphatic heterocycles. The molecule has 1 saturated heterocycles. The van der Waals surface area contributed by atoms with Crippen LogP contribution in [0.4, 0.5) is 4.79 Å². The molecule has 1 rings (SSSR count). The van der Waals surface area contributed by atoms with Crippen LogP contribution >= 0.6 is 0 Å². The number of amides is 3. The zero-order valence-electron chi connectivity index (χ0n) is 8.86. The fourth-order valence-corrected chi connectivity index (χ4v) is 1.61. The second-order valence-electron chi connectivity index (χ2n) is 3.58. The van der Waals surface area contributed by atoms with E-state index < -0.39 is 0 Å². The molecule has 1 heterocycles. The van der Waals surface area contributed by atoms with Gasteiger partial charge in [0.25, 0.3) is 0 Å². The van der Waals surface area contributed by atoms with Gasteiger partial charge in [-0.1, -0.05) is 0 Å². The Kier molecular flexibility index (Phi) is 4.36. The van der Waals surface area contributed by atoms with Crippen molar-refractivity contribution in [2.45, 2.75) is 12.8 Å². The average molecular weight is 215 g/mol. The van der Waals surface area contributed by atoms with Crippen LogP contribution in [0.2, 0.25) is 0 Å². The summed E-state index contributed by atoms with van der Waals surface area (Å²) >= 11 is 0. The highest BCUT2D eigenvalue weighted by Crippen LogP contribution is 2.16. The van der Waals surface area contributed by atoms with Crippen LogP contribution in [0.1, 0.15) is 12.8 Å². The fourth-order valence-electron chi connectivity index (χ4n) is 1.61. The van der Waals surface area contributed by atoms with Crippen molar-refractivity contribution in [1.82, 2.24) is 10.2 Å². The highest BCUT2D eigenvalue weighted by Gasteiger charge is 2.25. The zero-order chi connectivity index (χ0) is 11.3. The molecular weight excluding hydrogens is 198 g/mol. The smallest absolute Gasteiger partial charge is 0.319 e. The molecule has 0 aromatic heterocycles. The highest BCUT2D eigenvalue weighted by atomic mass is 16.5. The van der Waals surface area contributed by atoms with Gasteiger partial charge in [-0.2, -0.15) is 0 Å². The number of hydrogen-bond acceptors (Lipinski definition) is 3. The van der Waals surface area contributed by atoms with Gasteiger partial charge >= 0.3 is 6.03 Å². The number of urea groups is 1. The Bertz CT molecular complexity index is 237. The molecule has 0 atom stereocenters. The van der Waals surface area contributed by atoms with Gasteiger partial charge in [-0.05, 0) is 12.8 Å². The van der Waals surface area contributed by atoms with E-state index in [4.69, 9.17) is 10.5 Å². The first kappa shape index (κ1) is 11.8. The molecule has 0 aromatic rings. The number of ether oxygens (including phenoxy) is 1. The lowest BCUT2D eigenvalue weighted by molar-refractivity contribution is -0.123. The van der Waals surface area contributed by atoms with Crippen molar-refractivity contribution in [1.29, 1.82) is 0 Å². The van der Waals surface area contributed by atoms with E-state index in [0.717, 1.165) is 0 Å². The summed E-state index contributed by atoms with van der Waals surface area (Å²) < 4.78 is 4.73. The molecule has 6 heteroatoms. The molecule has 86 valence electrons. The van der Waals surface area contributed by atoms with Gasteiger partial charge in [-0.3, -0.25) is 4.79 Å². The first-order valence-electron chi connectivity index (χ1n) is 4.96. The maximum absolute atomic E-state index is 11.5. The Morgan fingerprint density at radius 1 is 1.47 bits per heavy atom. The van der Waals surface area contributed by atoms with E-state index in [1.165, 1.54) is 7.11 Å². The Morgan fingerprint density at radius 3 is 2.53 bits per heavy atom. The van der Waals surface area contributed by atoms with Crippen molar-refractivity contribution in [3.05, 3.63) is 0 Å². The van der Waals surface area contributed by atoms with E-state index in [1.54, 1.807) is 4.90 Å². The van der Waals surface area contributed by atoms with E-state index in [-0.39, 0.29) is 24.6 Å². The molecule has 0 aromatic carbocycles. The number of hydrogen-bond donors (Lipinski definition) is 2. The summed E-state index contributed by atoms with van der Waals surface area (Å²) in [5.74, 6) is -0.358. The summed E-state index contributed by atoms with van der Waals surface area (Å²) in [6.07, 6.45) is 1.30. The Hall–Kier alpha value is -1.30. The van der Waals surface area contributed by atoms with Crippen LogP contribution in [-0.4, -0.2) is 43.8 Å². The molecule has 0 aliphatic carbocycles. The van der Waals surface area contributed by atoms with Crippen molar-refractivity contribution in [2.24, 2.45) is 11.7 Å². The molecule has 0 unspecified atom stereocenters. The topological polar surface area (TPSA) is 84.7 Å². The molecule has 0 radical (unpaired) electrons. The van der Waals surface area contributed by atoms with E-state index >= 15 is 0 Å². The molecule has 1 fully saturated rings. The average Bonchev–Trinajstić information content (AvgIpc) is 2.26. The van der Waals surface area contributed by atoms with Crippen molar-refractivity contribution in [3.63, 3.8) is 0 Å². The zero-order valence-corrected chi connectivity index (χ0v) is 8.86. The lowest BCUT2D eigenvalue weighted by atomic mass is 9.97. The number of rotatable bonds is 3. The Balaban J connectivity index is 2.30. The standard InChI is InChI=1S/C9H17N3O3/c1-15-6-11-9(14)12-4-2-7(3-5-12)8(10)13/h7H,2-6H2,1H3,(H2,10,13)(H,11,14). The first-order chi connectivity index (χ1) is 7.15. The van der Waals surface area contributed by atoms with Gasteiger partial charge < -0.3 is 20.7 Å². The minimum Gasteiger partial charge on any atom is -0.369 e. The van der Waals surface area contributed by atoms with Crippen LogP contribution in [0, 0.1) is 5.92 Å². The molecular formula is C9H17N3O3. The third-order valence-corrected chi connectivity index (χ3v) is 2.55. The van der Waals surface area contributed by atoms with E-state index in [9.17, 15) is 9.59 Å². The molecule has 1 aliphatic rings. The van der Waals surface area contributed by atoms with E-state index in [0.29, 0.717) is 25.9 Å². The number of carbonyl (C=O) groups excluding carboxylic acids is 2. The minimum absolute atomic E-state index is 0.0866. The summed E-state index contributed by atoms with van der Waals surface area (Å²) in [6.45, 7) is 1.35. The van der Waals surface area contributed by atoms with Crippen LogP contribution in [0.15, 0.2) is 0 Å². The fraction of sp³-hybridized carbons (Fsp3) is 0.778. The number of primary amides is 1. The van der Waals surface area contributed by atoms with Gasteiger partial charge in [0.1, 0.15) is 6.73 Å². The summed E-state index contributed by atoms with van der Waals surface area (Å²) in [4.78, 5) is 24.0. The van der Waals surface area contributed by atoms with Gasteiger partial charge in [0, 0.05) is 26.1 Å². The second-order valence-corrected chi connectivity index (χ2v) is 3.58. The van der Waals surface area contributed by atoms with Crippen LogP contribution in [0.25, 0.3) is 0 Å². The van der Waals surface area contributed by atoms with Crippen molar-refractivity contribution in [3.8, 4) is 0 Å². The minimum atomic E-state index is -0.271. The largest absolute Gasteiger partial charge is 0.369 e. The Labute approximate surface area is 88.7 Å². The van der Waals surface area contributed by atoms with E-state index in [2.05, 4.69) is 5.32 Å². The molecule has 0 bridgehead atoms. The third kappa shape index (κ3) is 3.39. The molecule has 0 saturated carbocycles. The van der Waals surface area contributed by atoms with E-state index in [1.807, 2.05) is 0 Å². The van der Waals surface area contributed by atoms with Crippen LogP contribution in [0.5, 0.6) is 0 Å². The number of nitrogens with two attached hydrogens (primary N) is 1. The van der Waals surface area contributed by atoms with Crippen LogP contribution < -0.4 is 11.1 Å². The van der Waals surface area contributed by atoms with Gasteiger partial charge in [0.2, 0.25) is 5.91 Å². The Morgan fingerprint density at radius 2 is 2.07 bits per heavy atom. The predicted octanol–water partition coefficient (Wildman–Crippen LogP) is -0.503. The van der Waals surface area contributed by atoms with Crippen molar-refractivity contribution >= 4 is 11.9 Å². The van der Waals surface area contributed by atoms with Crippen LogP contribution in [0.3, 0.4) is 0 Å². The number of nitrogens with zero attached hydrogens (tertiary/aromatic N) is 1. The van der Waals surface area contributed by atoms with Crippen molar-refractivity contribution in [2.75, 3.05) is 26.9 Å². The summed E-state index contributed by atoms with van der Waals surface area (Å²) in [5.41, 5.74) is 5.19. The lowest BCUT2D eigenvalue weighted by Gasteiger charge is -2.30. The maximum atomic E-state index is 11.5. The summed E-state index contributed by atoms with van der Waals surface area (Å²) in [5, 5.41) is 2.59. The maximum Gasteiger partial charge on any atom is 0.319 e.